The number of carboxylic acids is 1. The number of halogens is 1. The van der Waals surface area contributed by atoms with Crippen LogP contribution in [0.2, 0.25) is 0 Å². The van der Waals surface area contributed by atoms with Gasteiger partial charge in [0, 0.05) is 11.4 Å². The summed E-state index contributed by atoms with van der Waals surface area (Å²) in [7, 11) is 0. The molecule has 0 aromatic heterocycles. The Morgan fingerprint density at radius 3 is 2.04 bits per heavy atom. The zero-order chi connectivity index (χ0) is 20.2. The largest absolute Gasteiger partial charge is 0.478 e. The number of nitrogens with one attached hydrogen (secondary N) is 1. The van der Waals surface area contributed by atoms with Gasteiger partial charge in [-0.2, -0.15) is 0 Å². The van der Waals surface area contributed by atoms with Gasteiger partial charge >= 0.3 is 5.97 Å². The highest BCUT2D eigenvalue weighted by molar-refractivity contribution is 6.17. The maximum absolute atomic E-state index is 12.9. The third kappa shape index (κ3) is 4.86. The Labute approximate surface area is 162 Å². The molecular formula is C20H21ClN2O4. The summed E-state index contributed by atoms with van der Waals surface area (Å²) < 4.78 is 0. The first kappa shape index (κ1) is 20.5. The Bertz CT molecular complexity index is 857. The van der Waals surface area contributed by atoms with Crippen LogP contribution in [-0.2, 0) is 5.88 Å². The number of hydrogen-bond acceptors (Lipinski definition) is 3. The average Bonchev–Trinajstić information content (AvgIpc) is 2.64. The topological polar surface area (TPSA) is 86.7 Å². The lowest BCUT2D eigenvalue weighted by atomic mass is 10.0. The molecule has 0 heterocycles. The molecule has 0 aliphatic heterocycles. The van der Waals surface area contributed by atoms with Gasteiger partial charge in [0.15, 0.2) is 0 Å². The Hall–Kier alpha value is -2.86. The molecule has 7 heteroatoms. The van der Waals surface area contributed by atoms with Crippen LogP contribution in [0, 0.1) is 0 Å². The molecule has 2 amide bonds. The SMILES string of the molecule is CC(C)(C)N(NC(=O)c1ccccc1C(=O)O)C(=O)c1ccc(CCl)cc1. The van der Waals surface area contributed by atoms with Gasteiger partial charge in [0.1, 0.15) is 0 Å². The Balaban J connectivity index is 2.33. The van der Waals surface area contributed by atoms with E-state index in [4.69, 9.17) is 11.6 Å². The second-order valence-electron chi connectivity index (χ2n) is 6.93. The van der Waals surface area contributed by atoms with E-state index in [1.807, 2.05) is 0 Å². The molecule has 0 unspecified atom stereocenters. The predicted octanol–water partition coefficient (Wildman–Crippen LogP) is 3.71. The molecule has 0 radical (unpaired) electrons. The van der Waals surface area contributed by atoms with Crippen molar-refractivity contribution in [3.63, 3.8) is 0 Å². The molecule has 2 aromatic carbocycles. The number of carbonyl (C=O) groups is 3. The summed E-state index contributed by atoms with van der Waals surface area (Å²) >= 11 is 5.77. The van der Waals surface area contributed by atoms with E-state index in [1.165, 1.54) is 23.2 Å². The lowest BCUT2D eigenvalue weighted by Crippen LogP contribution is -2.56. The van der Waals surface area contributed by atoms with Gasteiger partial charge in [-0.05, 0) is 50.6 Å². The van der Waals surface area contributed by atoms with Gasteiger partial charge in [-0.1, -0.05) is 24.3 Å². The molecule has 0 saturated heterocycles. The number of amides is 2. The van der Waals surface area contributed by atoms with Crippen LogP contribution < -0.4 is 5.43 Å². The number of hydrazine groups is 1. The number of benzene rings is 2. The van der Waals surface area contributed by atoms with Crippen LogP contribution in [0.25, 0.3) is 0 Å². The standard InChI is InChI=1S/C20H21ClN2O4/c1-20(2,3)23(18(25)14-10-8-13(12-21)9-11-14)22-17(24)15-6-4-5-7-16(15)19(26)27/h4-11H,12H2,1-3H3,(H,22,24)(H,26,27). The zero-order valence-electron chi connectivity index (χ0n) is 15.3. The molecular weight excluding hydrogens is 368 g/mol. The molecule has 0 fully saturated rings. The third-order valence-corrected chi connectivity index (χ3v) is 4.15. The average molecular weight is 389 g/mol. The molecule has 0 atom stereocenters. The van der Waals surface area contributed by atoms with Crippen molar-refractivity contribution in [3.05, 3.63) is 70.8 Å². The van der Waals surface area contributed by atoms with Crippen molar-refractivity contribution in [2.45, 2.75) is 32.2 Å². The lowest BCUT2D eigenvalue weighted by molar-refractivity contribution is 0.0358. The summed E-state index contributed by atoms with van der Waals surface area (Å²) in [4.78, 5) is 37.0. The van der Waals surface area contributed by atoms with E-state index in [2.05, 4.69) is 5.43 Å². The van der Waals surface area contributed by atoms with Crippen molar-refractivity contribution in [3.8, 4) is 0 Å². The van der Waals surface area contributed by atoms with Crippen LogP contribution in [0.3, 0.4) is 0 Å². The summed E-state index contributed by atoms with van der Waals surface area (Å²) in [5.74, 6) is -1.97. The highest BCUT2D eigenvalue weighted by atomic mass is 35.5. The van der Waals surface area contributed by atoms with Gasteiger partial charge in [0.05, 0.1) is 16.7 Å². The molecule has 0 saturated carbocycles. The summed E-state index contributed by atoms with van der Waals surface area (Å²) in [6, 6.07) is 12.6. The first-order valence-electron chi connectivity index (χ1n) is 8.28. The predicted molar refractivity (Wildman–Crippen MR) is 103 cm³/mol. The van der Waals surface area contributed by atoms with E-state index in [9.17, 15) is 19.5 Å². The van der Waals surface area contributed by atoms with Crippen LogP contribution in [0.5, 0.6) is 0 Å². The Morgan fingerprint density at radius 2 is 1.56 bits per heavy atom. The molecule has 6 nitrogen and oxygen atoms in total. The third-order valence-electron chi connectivity index (χ3n) is 3.84. The van der Waals surface area contributed by atoms with Crippen molar-refractivity contribution in [2.24, 2.45) is 0 Å². The van der Waals surface area contributed by atoms with Crippen LogP contribution in [0.15, 0.2) is 48.5 Å². The van der Waals surface area contributed by atoms with Crippen LogP contribution >= 0.6 is 11.6 Å². The molecule has 0 bridgehead atoms. The number of nitrogens with zero attached hydrogens (tertiary/aromatic N) is 1. The maximum atomic E-state index is 12.9. The highest BCUT2D eigenvalue weighted by Crippen LogP contribution is 2.18. The summed E-state index contributed by atoms with van der Waals surface area (Å²) in [6.45, 7) is 5.30. The molecule has 0 aliphatic rings. The smallest absolute Gasteiger partial charge is 0.336 e. The Morgan fingerprint density at radius 1 is 1.00 bits per heavy atom. The minimum absolute atomic E-state index is 0.0236. The van der Waals surface area contributed by atoms with Crippen molar-refractivity contribution >= 4 is 29.4 Å². The minimum Gasteiger partial charge on any atom is -0.478 e. The summed E-state index contributed by atoms with van der Waals surface area (Å²) in [5, 5.41) is 10.5. The number of alkyl halides is 1. The fraction of sp³-hybridized carbons (Fsp3) is 0.250. The Kier molecular flexibility index (Phi) is 6.23. The highest BCUT2D eigenvalue weighted by Gasteiger charge is 2.30. The second kappa shape index (κ2) is 8.22. The molecule has 27 heavy (non-hydrogen) atoms. The molecule has 2 N–H and O–H groups in total. The van der Waals surface area contributed by atoms with Crippen LogP contribution in [-0.4, -0.2) is 33.4 Å². The fourth-order valence-corrected chi connectivity index (χ4v) is 2.60. The van der Waals surface area contributed by atoms with Gasteiger partial charge in [-0.25, -0.2) is 9.80 Å². The van der Waals surface area contributed by atoms with Crippen LogP contribution in [0.4, 0.5) is 0 Å². The van der Waals surface area contributed by atoms with E-state index in [0.717, 1.165) is 5.56 Å². The van der Waals surface area contributed by atoms with Crippen LogP contribution in [0.1, 0.15) is 57.4 Å². The zero-order valence-corrected chi connectivity index (χ0v) is 16.1. The van der Waals surface area contributed by atoms with Gasteiger partial charge in [0.2, 0.25) is 0 Å². The number of carbonyl (C=O) groups excluding carboxylic acids is 2. The van der Waals surface area contributed by atoms with E-state index >= 15 is 0 Å². The summed E-state index contributed by atoms with van der Waals surface area (Å²) in [5.41, 5.74) is 2.90. The van der Waals surface area contributed by atoms with Gasteiger partial charge < -0.3 is 5.11 Å². The minimum atomic E-state index is -1.22. The first-order chi connectivity index (χ1) is 12.6. The van der Waals surface area contributed by atoms with Gasteiger partial charge in [0.25, 0.3) is 11.8 Å². The monoisotopic (exact) mass is 388 g/mol. The quantitative estimate of drug-likeness (QED) is 0.617. The first-order valence-corrected chi connectivity index (χ1v) is 8.81. The van der Waals surface area contributed by atoms with Crippen molar-refractivity contribution in [1.82, 2.24) is 10.4 Å². The van der Waals surface area contributed by atoms with E-state index in [0.29, 0.717) is 11.4 Å². The van der Waals surface area contributed by atoms with E-state index in [1.54, 1.807) is 51.1 Å². The normalized spacial score (nSPS) is 11.0. The van der Waals surface area contributed by atoms with Crippen molar-refractivity contribution < 1.29 is 19.5 Å². The summed E-state index contributed by atoms with van der Waals surface area (Å²) in [6.07, 6.45) is 0. The second-order valence-corrected chi connectivity index (χ2v) is 7.20. The lowest BCUT2D eigenvalue weighted by Gasteiger charge is -2.35. The van der Waals surface area contributed by atoms with Crippen molar-refractivity contribution in [1.29, 1.82) is 0 Å². The molecule has 2 aromatic rings. The number of carboxylic acid groups (broad SMARTS) is 1. The molecule has 142 valence electrons. The van der Waals surface area contributed by atoms with Gasteiger partial charge in [-0.3, -0.25) is 15.0 Å². The van der Waals surface area contributed by atoms with E-state index in [-0.39, 0.29) is 11.1 Å². The van der Waals surface area contributed by atoms with Gasteiger partial charge in [-0.15, -0.1) is 11.6 Å². The molecule has 2 rings (SSSR count). The van der Waals surface area contributed by atoms with Crippen molar-refractivity contribution in [2.75, 3.05) is 0 Å². The molecule has 0 aliphatic carbocycles. The molecule has 0 spiro atoms. The van der Waals surface area contributed by atoms with E-state index < -0.39 is 23.3 Å². The fourth-order valence-electron chi connectivity index (χ4n) is 2.42. The number of aromatic carboxylic acids is 1. The number of hydrogen-bond donors (Lipinski definition) is 2. The maximum Gasteiger partial charge on any atom is 0.336 e. The number of rotatable bonds is 4.